The van der Waals surface area contributed by atoms with Gasteiger partial charge >= 0.3 is 0 Å². The highest BCUT2D eigenvalue weighted by Gasteiger charge is 2.13. The molecule has 1 fully saturated rings. The fourth-order valence-electron chi connectivity index (χ4n) is 2.47. The number of anilines is 2. The second kappa shape index (κ2) is 5.99. The van der Waals surface area contributed by atoms with Crippen LogP contribution in [0.15, 0.2) is 36.5 Å². The van der Waals surface area contributed by atoms with Crippen molar-refractivity contribution in [2.24, 2.45) is 0 Å². The van der Waals surface area contributed by atoms with E-state index in [4.69, 9.17) is 10.5 Å². The smallest absolute Gasteiger partial charge is 0.149 e. The van der Waals surface area contributed by atoms with E-state index in [1.54, 1.807) is 18.3 Å². The molecule has 0 amide bonds. The third kappa shape index (κ3) is 3.24. The van der Waals surface area contributed by atoms with Gasteiger partial charge in [0.1, 0.15) is 23.1 Å². The van der Waals surface area contributed by atoms with E-state index in [9.17, 15) is 4.39 Å². The number of halogens is 1. The van der Waals surface area contributed by atoms with Crippen molar-refractivity contribution in [3.63, 3.8) is 0 Å². The first-order chi connectivity index (χ1) is 10.2. The molecule has 4 nitrogen and oxygen atoms in total. The largest absolute Gasteiger partial charge is 0.457 e. The van der Waals surface area contributed by atoms with E-state index in [-0.39, 0.29) is 5.69 Å². The van der Waals surface area contributed by atoms with Gasteiger partial charge in [-0.1, -0.05) is 0 Å². The summed E-state index contributed by atoms with van der Waals surface area (Å²) in [7, 11) is 0. The summed E-state index contributed by atoms with van der Waals surface area (Å²) in [6.07, 6.45) is 5.37. The number of nitrogens with zero attached hydrogens (tertiary/aromatic N) is 2. The van der Waals surface area contributed by atoms with Crippen LogP contribution in [0.25, 0.3) is 0 Å². The lowest BCUT2D eigenvalue weighted by Gasteiger charge is -2.27. The molecule has 1 aromatic heterocycles. The molecule has 0 aliphatic carbocycles. The van der Waals surface area contributed by atoms with Gasteiger partial charge in [-0.05, 0) is 37.5 Å². The van der Waals surface area contributed by atoms with Crippen LogP contribution in [0.1, 0.15) is 19.3 Å². The Morgan fingerprint density at radius 1 is 1.05 bits per heavy atom. The van der Waals surface area contributed by atoms with Crippen molar-refractivity contribution in [1.29, 1.82) is 0 Å². The molecule has 2 aromatic rings. The first-order valence-corrected chi connectivity index (χ1v) is 7.16. The van der Waals surface area contributed by atoms with Gasteiger partial charge in [0.05, 0.1) is 5.69 Å². The summed E-state index contributed by atoms with van der Waals surface area (Å²) in [5.74, 6) is 1.51. The highest BCUT2D eigenvalue weighted by molar-refractivity contribution is 5.47. The van der Waals surface area contributed by atoms with E-state index in [0.29, 0.717) is 11.5 Å². The highest BCUT2D eigenvalue weighted by Crippen LogP contribution is 2.27. The number of pyridine rings is 1. The molecule has 2 N–H and O–H groups in total. The fraction of sp³-hybridized carbons (Fsp3) is 0.312. The highest BCUT2D eigenvalue weighted by atomic mass is 19.1. The number of nitrogens with two attached hydrogens (primary N) is 1. The first-order valence-electron chi connectivity index (χ1n) is 7.16. The summed E-state index contributed by atoms with van der Waals surface area (Å²) in [6, 6.07) is 8.09. The Balaban J connectivity index is 1.77. The van der Waals surface area contributed by atoms with Gasteiger partial charge in [0.2, 0.25) is 0 Å². The van der Waals surface area contributed by atoms with Crippen LogP contribution >= 0.6 is 0 Å². The van der Waals surface area contributed by atoms with Crippen LogP contribution in [-0.4, -0.2) is 18.1 Å². The summed E-state index contributed by atoms with van der Waals surface area (Å²) < 4.78 is 19.1. The van der Waals surface area contributed by atoms with E-state index in [1.165, 1.54) is 31.4 Å². The summed E-state index contributed by atoms with van der Waals surface area (Å²) in [4.78, 5) is 6.64. The summed E-state index contributed by atoms with van der Waals surface area (Å²) >= 11 is 0. The minimum atomic E-state index is -0.474. The standard InChI is InChI=1S/C16H18FN3O/c17-14-10-12(4-5-15(14)18)21-13-6-7-19-16(11-13)20-8-2-1-3-9-20/h4-7,10-11H,1-3,8-9,18H2. The maximum absolute atomic E-state index is 13.4. The molecule has 0 bridgehead atoms. The third-order valence-corrected chi connectivity index (χ3v) is 3.60. The Bertz CT molecular complexity index is 627. The molecule has 110 valence electrons. The van der Waals surface area contributed by atoms with Gasteiger partial charge in [-0.15, -0.1) is 0 Å². The second-order valence-corrected chi connectivity index (χ2v) is 5.18. The molecule has 1 aliphatic heterocycles. The Labute approximate surface area is 123 Å². The number of benzene rings is 1. The molecular weight excluding hydrogens is 269 g/mol. The zero-order valence-electron chi connectivity index (χ0n) is 11.8. The van der Waals surface area contributed by atoms with Crippen LogP contribution in [-0.2, 0) is 0 Å². The topological polar surface area (TPSA) is 51.4 Å². The predicted molar refractivity (Wildman–Crippen MR) is 81.2 cm³/mol. The molecule has 21 heavy (non-hydrogen) atoms. The number of piperidine rings is 1. The summed E-state index contributed by atoms with van der Waals surface area (Å²) in [6.45, 7) is 2.04. The molecule has 1 aromatic carbocycles. The van der Waals surface area contributed by atoms with Crippen molar-refractivity contribution < 1.29 is 9.13 Å². The van der Waals surface area contributed by atoms with Crippen molar-refractivity contribution in [3.05, 3.63) is 42.3 Å². The molecule has 0 radical (unpaired) electrons. The lowest BCUT2D eigenvalue weighted by Crippen LogP contribution is -2.30. The van der Waals surface area contributed by atoms with Crippen LogP contribution in [0.4, 0.5) is 15.9 Å². The van der Waals surface area contributed by atoms with E-state index in [1.807, 2.05) is 6.07 Å². The number of hydrogen-bond acceptors (Lipinski definition) is 4. The van der Waals surface area contributed by atoms with Gasteiger partial charge in [0, 0.05) is 31.4 Å². The quantitative estimate of drug-likeness (QED) is 0.877. The van der Waals surface area contributed by atoms with Gasteiger partial charge in [0.25, 0.3) is 0 Å². The van der Waals surface area contributed by atoms with Crippen molar-refractivity contribution >= 4 is 11.5 Å². The van der Waals surface area contributed by atoms with Gasteiger partial charge < -0.3 is 15.4 Å². The fourth-order valence-corrected chi connectivity index (χ4v) is 2.47. The number of ether oxygens (including phenoxy) is 1. The summed E-state index contributed by atoms with van der Waals surface area (Å²) in [5.41, 5.74) is 5.57. The number of rotatable bonds is 3. The average Bonchev–Trinajstić information content (AvgIpc) is 2.52. The van der Waals surface area contributed by atoms with Crippen molar-refractivity contribution in [2.45, 2.75) is 19.3 Å². The maximum atomic E-state index is 13.4. The Morgan fingerprint density at radius 2 is 1.81 bits per heavy atom. The normalized spacial score (nSPS) is 15.0. The third-order valence-electron chi connectivity index (χ3n) is 3.60. The molecule has 1 saturated heterocycles. The van der Waals surface area contributed by atoms with E-state index < -0.39 is 5.82 Å². The molecule has 5 heteroatoms. The van der Waals surface area contributed by atoms with E-state index in [2.05, 4.69) is 9.88 Å². The molecule has 0 spiro atoms. The van der Waals surface area contributed by atoms with E-state index in [0.717, 1.165) is 18.9 Å². The minimum absolute atomic E-state index is 0.117. The SMILES string of the molecule is Nc1ccc(Oc2ccnc(N3CCCCC3)c2)cc1F. The van der Waals surface area contributed by atoms with E-state index >= 15 is 0 Å². The molecule has 0 atom stereocenters. The minimum Gasteiger partial charge on any atom is -0.457 e. The van der Waals surface area contributed by atoms with Gasteiger partial charge in [0.15, 0.2) is 0 Å². The predicted octanol–water partition coefficient (Wildman–Crippen LogP) is 3.59. The number of nitrogen functional groups attached to an aromatic ring is 1. The van der Waals surface area contributed by atoms with Crippen molar-refractivity contribution in [1.82, 2.24) is 4.98 Å². The van der Waals surface area contributed by atoms with Gasteiger partial charge in [-0.3, -0.25) is 0 Å². The molecule has 3 rings (SSSR count). The number of aromatic nitrogens is 1. The summed E-state index contributed by atoms with van der Waals surface area (Å²) in [5, 5.41) is 0. The maximum Gasteiger partial charge on any atom is 0.149 e. The van der Waals surface area contributed by atoms with Crippen molar-refractivity contribution in [2.75, 3.05) is 23.7 Å². The average molecular weight is 287 g/mol. The Hall–Kier alpha value is -2.30. The van der Waals surface area contributed by atoms with Crippen molar-refractivity contribution in [3.8, 4) is 11.5 Å². The van der Waals surface area contributed by atoms with Gasteiger partial charge in [-0.2, -0.15) is 0 Å². The first kappa shape index (κ1) is 13.7. The zero-order valence-corrected chi connectivity index (χ0v) is 11.8. The van der Waals surface area contributed by atoms with Crippen LogP contribution in [0.2, 0.25) is 0 Å². The lowest BCUT2D eigenvalue weighted by molar-refractivity contribution is 0.475. The van der Waals surface area contributed by atoms with Crippen LogP contribution in [0.5, 0.6) is 11.5 Å². The molecule has 0 saturated carbocycles. The second-order valence-electron chi connectivity index (χ2n) is 5.18. The Kier molecular flexibility index (Phi) is 3.90. The van der Waals surface area contributed by atoms with Gasteiger partial charge in [-0.25, -0.2) is 9.37 Å². The Morgan fingerprint density at radius 3 is 2.57 bits per heavy atom. The zero-order chi connectivity index (χ0) is 14.7. The molecular formula is C16H18FN3O. The van der Waals surface area contributed by atoms with Crippen LogP contribution in [0.3, 0.4) is 0 Å². The molecule has 0 unspecified atom stereocenters. The lowest BCUT2D eigenvalue weighted by atomic mass is 10.1. The monoisotopic (exact) mass is 287 g/mol. The molecule has 2 heterocycles. The molecule has 1 aliphatic rings. The van der Waals surface area contributed by atoms with Crippen LogP contribution in [0, 0.1) is 5.82 Å². The van der Waals surface area contributed by atoms with Crippen LogP contribution < -0.4 is 15.4 Å². The number of hydrogen-bond donors (Lipinski definition) is 1.